The number of esters is 1. The van der Waals surface area contributed by atoms with Gasteiger partial charge in [0.2, 0.25) is 0 Å². The zero-order valence-corrected chi connectivity index (χ0v) is 13.7. The molecule has 0 heterocycles. The lowest BCUT2D eigenvalue weighted by molar-refractivity contribution is -0.123. The van der Waals surface area contributed by atoms with Gasteiger partial charge in [-0.05, 0) is 25.0 Å². The van der Waals surface area contributed by atoms with Crippen molar-refractivity contribution in [3.63, 3.8) is 0 Å². The summed E-state index contributed by atoms with van der Waals surface area (Å²) < 4.78 is 4.82. The van der Waals surface area contributed by atoms with E-state index in [0.29, 0.717) is 0 Å². The molecule has 0 saturated heterocycles. The van der Waals surface area contributed by atoms with Crippen molar-refractivity contribution in [2.75, 3.05) is 6.61 Å². The topological polar surface area (TPSA) is 84.5 Å². The van der Waals surface area contributed by atoms with Crippen LogP contribution in [0.25, 0.3) is 0 Å². The second-order valence-corrected chi connectivity index (χ2v) is 5.97. The number of halogens is 2. The number of carbonyl (C=O) groups excluding carboxylic acids is 3. The highest BCUT2D eigenvalue weighted by molar-refractivity contribution is 6.43. The maximum absolute atomic E-state index is 11.8. The van der Waals surface area contributed by atoms with Gasteiger partial charge >= 0.3 is 12.0 Å². The molecular formula is C15H16Cl2N2O4. The number of amides is 3. The van der Waals surface area contributed by atoms with Crippen molar-refractivity contribution in [2.45, 2.75) is 31.7 Å². The van der Waals surface area contributed by atoms with Crippen LogP contribution in [0.2, 0.25) is 10.0 Å². The van der Waals surface area contributed by atoms with Crippen LogP contribution in [0.1, 0.15) is 36.0 Å². The van der Waals surface area contributed by atoms with E-state index in [9.17, 15) is 14.4 Å². The standard InChI is InChI=1S/C15H16Cl2N2O4/c16-11-7-3-6-10(13(11)17)14(21)23-8-12(20)19-15(22)18-9-4-1-2-5-9/h3,6-7,9H,1-2,4-5,8H2,(H2,18,19,20,22). The zero-order chi connectivity index (χ0) is 16.8. The van der Waals surface area contributed by atoms with Gasteiger partial charge in [-0.3, -0.25) is 10.1 Å². The lowest BCUT2D eigenvalue weighted by atomic mass is 10.2. The van der Waals surface area contributed by atoms with Crippen LogP contribution in [0.5, 0.6) is 0 Å². The number of urea groups is 1. The molecule has 1 aromatic carbocycles. The Morgan fingerprint density at radius 3 is 2.57 bits per heavy atom. The summed E-state index contributed by atoms with van der Waals surface area (Å²) >= 11 is 11.7. The summed E-state index contributed by atoms with van der Waals surface area (Å²) in [6, 6.07) is 4.01. The molecule has 1 aliphatic rings. The zero-order valence-electron chi connectivity index (χ0n) is 12.2. The molecule has 23 heavy (non-hydrogen) atoms. The average molecular weight is 359 g/mol. The predicted molar refractivity (Wildman–Crippen MR) is 85.7 cm³/mol. The molecule has 3 amide bonds. The molecule has 0 spiro atoms. The molecule has 1 aromatic rings. The van der Waals surface area contributed by atoms with E-state index in [1.54, 1.807) is 6.07 Å². The first-order valence-electron chi connectivity index (χ1n) is 7.19. The number of benzene rings is 1. The Balaban J connectivity index is 1.78. The van der Waals surface area contributed by atoms with Crippen LogP contribution < -0.4 is 10.6 Å². The summed E-state index contributed by atoms with van der Waals surface area (Å²) in [7, 11) is 0. The van der Waals surface area contributed by atoms with E-state index in [2.05, 4.69) is 10.6 Å². The van der Waals surface area contributed by atoms with Crippen molar-refractivity contribution >= 4 is 41.1 Å². The van der Waals surface area contributed by atoms with Gasteiger partial charge in [0.05, 0.1) is 15.6 Å². The third-order valence-corrected chi connectivity index (χ3v) is 4.27. The van der Waals surface area contributed by atoms with Crippen molar-refractivity contribution in [1.29, 1.82) is 0 Å². The maximum atomic E-state index is 11.8. The summed E-state index contributed by atoms with van der Waals surface area (Å²) in [5, 5.41) is 5.07. The highest BCUT2D eigenvalue weighted by Gasteiger charge is 2.19. The van der Waals surface area contributed by atoms with E-state index in [-0.39, 0.29) is 21.7 Å². The first-order valence-corrected chi connectivity index (χ1v) is 7.94. The molecule has 1 aliphatic carbocycles. The van der Waals surface area contributed by atoms with E-state index >= 15 is 0 Å². The molecule has 1 saturated carbocycles. The lowest BCUT2D eigenvalue weighted by Crippen LogP contribution is -2.45. The smallest absolute Gasteiger partial charge is 0.340 e. The van der Waals surface area contributed by atoms with Gasteiger partial charge in [-0.15, -0.1) is 0 Å². The summed E-state index contributed by atoms with van der Waals surface area (Å²) in [6.07, 6.45) is 3.95. The molecule has 2 N–H and O–H groups in total. The van der Waals surface area contributed by atoms with E-state index in [1.165, 1.54) is 12.1 Å². The van der Waals surface area contributed by atoms with Crippen LogP contribution in [0, 0.1) is 0 Å². The van der Waals surface area contributed by atoms with E-state index in [1.807, 2.05) is 0 Å². The molecule has 0 unspecified atom stereocenters. The molecule has 8 heteroatoms. The van der Waals surface area contributed by atoms with Crippen molar-refractivity contribution in [2.24, 2.45) is 0 Å². The number of carbonyl (C=O) groups is 3. The molecule has 6 nitrogen and oxygen atoms in total. The molecule has 0 aliphatic heterocycles. The highest BCUT2D eigenvalue weighted by atomic mass is 35.5. The van der Waals surface area contributed by atoms with Gasteiger partial charge in [0.25, 0.3) is 5.91 Å². The Morgan fingerprint density at radius 1 is 1.17 bits per heavy atom. The molecule has 1 fully saturated rings. The molecular weight excluding hydrogens is 343 g/mol. The summed E-state index contributed by atoms with van der Waals surface area (Å²) in [6.45, 7) is -0.584. The molecule has 2 rings (SSSR count). The molecule has 0 atom stereocenters. The minimum absolute atomic E-state index is 0.0542. The van der Waals surface area contributed by atoms with E-state index in [4.69, 9.17) is 27.9 Å². The van der Waals surface area contributed by atoms with Crippen molar-refractivity contribution < 1.29 is 19.1 Å². The Hall–Kier alpha value is -1.79. The van der Waals surface area contributed by atoms with Crippen LogP contribution >= 0.6 is 23.2 Å². The highest BCUT2D eigenvalue weighted by Crippen LogP contribution is 2.25. The van der Waals surface area contributed by atoms with E-state index in [0.717, 1.165) is 25.7 Å². The first-order chi connectivity index (χ1) is 11.0. The summed E-state index contributed by atoms with van der Waals surface area (Å²) in [5.74, 6) is -1.50. The number of nitrogens with one attached hydrogen (secondary N) is 2. The summed E-state index contributed by atoms with van der Waals surface area (Å²) in [5.41, 5.74) is 0.0578. The number of hydrogen-bond donors (Lipinski definition) is 2. The normalized spacial score (nSPS) is 14.3. The predicted octanol–water partition coefficient (Wildman–Crippen LogP) is 2.92. The fourth-order valence-corrected chi connectivity index (χ4v) is 2.70. The van der Waals surface area contributed by atoms with Gasteiger partial charge in [-0.25, -0.2) is 9.59 Å². The Bertz CT molecular complexity index is 615. The van der Waals surface area contributed by atoms with Crippen molar-refractivity contribution in [3.05, 3.63) is 33.8 Å². The summed E-state index contributed by atoms with van der Waals surface area (Å²) in [4.78, 5) is 35.0. The molecule has 0 radical (unpaired) electrons. The van der Waals surface area contributed by atoms with Crippen LogP contribution in [0.4, 0.5) is 4.79 Å². The maximum Gasteiger partial charge on any atom is 0.340 e. The lowest BCUT2D eigenvalue weighted by Gasteiger charge is -2.12. The van der Waals surface area contributed by atoms with Gasteiger partial charge in [0.15, 0.2) is 6.61 Å². The fraction of sp³-hybridized carbons (Fsp3) is 0.400. The largest absolute Gasteiger partial charge is 0.452 e. The molecule has 0 bridgehead atoms. The van der Waals surface area contributed by atoms with Crippen LogP contribution in [-0.4, -0.2) is 30.6 Å². The van der Waals surface area contributed by atoms with Gasteiger partial charge in [-0.2, -0.15) is 0 Å². The minimum atomic E-state index is -0.788. The van der Waals surface area contributed by atoms with Crippen LogP contribution in [-0.2, 0) is 9.53 Å². The number of rotatable bonds is 4. The van der Waals surface area contributed by atoms with Crippen LogP contribution in [0.15, 0.2) is 18.2 Å². The SMILES string of the molecule is O=C(COC(=O)c1cccc(Cl)c1Cl)NC(=O)NC1CCCC1. The van der Waals surface area contributed by atoms with E-state index < -0.39 is 24.5 Å². The number of ether oxygens (including phenoxy) is 1. The monoisotopic (exact) mass is 358 g/mol. The quantitative estimate of drug-likeness (QED) is 0.810. The Morgan fingerprint density at radius 2 is 1.87 bits per heavy atom. The minimum Gasteiger partial charge on any atom is -0.452 e. The van der Waals surface area contributed by atoms with Crippen molar-refractivity contribution in [3.8, 4) is 0 Å². The van der Waals surface area contributed by atoms with Gasteiger partial charge in [0, 0.05) is 6.04 Å². The molecule has 0 aromatic heterocycles. The second-order valence-electron chi connectivity index (χ2n) is 5.18. The third kappa shape index (κ3) is 5.11. The van der Waals surface area contributed by atoms with Gasteiger partial charge < -0.3 is 10.1 Å². The first kappa shape index (κ1) is 17.6. The second kappa shape index (κ2) is 8.17. The van der Waals surface area contributed by atoms with Crippen LogP contribution in [0.3, 0.4) is 0 Å². The number of hydrogen-bond acceptors (Lipinski definition) is 4. The third-order valence-electron chi connectivity index (χ3n) is 3.45. The van der Waals surface area contributed by atoms with Crippen molar-refractivity contribution in [1.82, 2.24) is 10.6 Å². The fourth-order valence-electron chi connectivity index (χ4n) is 2.32. The average Bonchev–Trinajstić information content (AvgIpc) is 3.00. The number of imide groups is 1. The Labute approximate surface area is 143 Å². The molecule has 124 valence electrons. The van der Waals surface area contributed by atoms with Gasteiger partial charge in [-0.1, -0.05) is 42.1 Å². The van der Waals surface area contributed by atoms with Gasteiger partial charge in [0.1, 0.15) is 0 Å². The Kier molecular flexibility index (Phi) is 6.24.